The molecule has 3 rings (SSSR count). The summed E-state index contributed by atoms with van der Waals surface area (Å²) in [6.45, 7) is 1.21. The Morgan fingerprint density at radius 1 is 1.22 bits per heavy atom. The van der Waals surface area contributed by atoms with Gasteiger partial charge >= 0.3 is 5.69 Å². The van der Waals surface area contributed by atoms with Crippen LogP contribution in [0.4, 0.5) is 8.78 Å². The lowest BCUT2D eigenvalue weighted by atomic mass is 10.1. The van der Waals surface area contributed by atoms with E-state index in [1.54, 1.807) is 25.1 Å². The van der Waals surface area contributed by atoms with Crippen molar-refractivity contribution in [3.05, 3.63) is 51.5 Å². The van der Waals surface area contributed by atoms with Crippen molar-refractivity contribution in [2.24, 2.45) is 0 Å². The van der Waals surface area contributed by atoms with E-state index in [4.69, 9.17) is 21.1 Å². The molecular weight excluding hydrogens is 468 g/mol. The highest BCUT2D eigenvalue weighted by molar-refractivity contribution is 7.90. The number of methoxy groups -OCH3 is 1. The predicted octanol–water partition coefficient (Wildman–Crippen LogP) is 3.16. The molecule has 0 saturated carbocycles. The number of pyridine rings is 1. The van der Waals surface area contributed by atoms with Gasteiger partial charge in [0.05, 0.1) is 42.6 Å². The van der Waals surface area contributed by atoms with Crippen LogP contribution in [-0.2, 0) is 16.4 Å². The molecule has 0 aliphatic carbocycles. The third-order valence-electron chi connectivity index (χ3n) is 4.74. The Kier molecular flexibility index (Phi) is 7.09. The SMILES string of the molecule is CCOc1cc([C@H](CS(C)(=O)=O)n2c(=O)n(CC(F)F)c3cc(Cl)cnc32)ccc1OC. The standard InChI is InChI=1S/C20H22ClF2N3O5S/c1-4-31-17-7-12(5-6-16(17)30-2)15(11-32(3,28)29)26-19-14(8-13(21)9-24-19)25(20(26)27)10-18(22)23/h5-9,15,18H,4,10-11H2,1-3H3/t15-/m0/s1. The second kappa shape index (κ2) is 9.45. The molecule has 8 nitrogen and oxygen atoms in total. The van der Waals surface area contributed by atoms with Crippen LogP contribution < -0.4 is 15.2 Å². The third-order valence-corrected chi connectivity index (χ3v) is 5.86. The van der Waals surface area contributed by atoms with Crippen LogP contribution in [0.2, 0.25) is 5.02 Å². The number of nitrogens with zero attached hydrogens (tertiary/aromatic N) is 3. The summed E-state index contributed by atoms with van der Waals surface area (Å²) in [7, 11) is -2.15. The van der Waals surface area contributed by atoms with Crippen LogP contribution >= 0.6 is 11.6 Å². The van der Waals surface area contributed by atoms with Crippen molar-refractivity contribution in [1.82, 2.24) is 14.1 Å². The quantitative estimate of drug-likeness (QED) is 0.458. The second-order valence-corrected chi connectivity index (χ2v) is 9.72. The highest BCUT2D eigenvalue weighted by atomic mass is 35.5. The van der Waals surface area contributed by atoms with Gasteiger partial charge in [0.15, 0.2) is 17.1 Å². The summed E-state index contributed by atoms with van der Waals surface area (Å²) in [5.74, 6) is 0.306. The maximum Gasteiger partial charge on any atom is 0.331 e. The zero-order valence-corrected chi connectivity index (χ0v) is 19.2. The Morgan fingerprint density at radius 3 is 2.53 bits per heavy atom. The monoisotopic (exact) mass is 489 g/mol. The molecule has 12 heteroatoms. The number of fused-ring (bicyclic) bond motifs is 1. The molecule has 0 spiro atoms. The van der Waals surface area contributed by atoms with Crippen LogP contribution in [0.5, 0.6) is 11.5 Å². The van der Waals surface area contributed by atoms with Crippen LogP contribution in [-0.4, -0.2) is 54.7 Å². The fourth-order valence-electron chi connectivity index (χ4n) is 3.50. The highest BCUT2D eigenvalue weighted by Crippen LogP contribution is 2.33. The molecule has 0 N–H and O–H groups in total. The Bertz CT molecular complexity index is 1290. The van der Waals surface area contributed by atoms with Crippen LogP contribution in [0.3, 0.4) is 0 Å². The molecule has 0 fully saturated rings. The molecular formula is C20H22ClF2N3O5S. The minimum absolute atomic E-state index is 0.0440. The number of hydrogen-bond acceptors (Lipinski definition) is 6. The van der Waals surface area contributed by atoms with Gasteiger partial charge in [0.25, 0.3) is 6.43 Å². The number of hydrogen-bond donors (Lipinski definition) is 0. The molecule has 2 heterocycles. The van der Waals surface area contributed by atoms with Gasteiger partial charge in [0, 0.05) is 12.5 Å². The number of benzene rings is 1. The van der Waals surface area contributed by atoms with Gasteiger partial charge in [-0.3, -0.25) is 9.13 Å². The largest absolute Gasteiger partial charge is 0.493 e. The predicted molar refractivity (Wildman–Crippen MR) is 117 cm³/mol. The number of halogens is 3. The number of alkyl halides is 2. The van der Waals surface area contributed by atoms with Gasteiger partial charge in [-0.15, -0.1) is 0 Å². The smallest absolute Gasteiger partial charge is 0.331 e. The summed E-state index contributed by atoms with van der Waals surface area (Å²) in [5, 5.41) is 0.153. The van der Waals surface area contributed by atoms with Gasteiger partial charge in [-0.25, -0.2) is 27.0 Å². The lowest BCUT2D eigenvalue weighted by molar-refractivity contribution is 0.126. The molecule has 0 bridgehead atoms. The Hall–Kier alpha value is -2.66. The fraction of sp³-hybridized carbons (Fsp3) is 0.400. The van der Waals surface area contributed by atoms with E-state index < -0.39 is 40.3 Å². The van der Waals surface area contributed by atoms with E-state index in [-0.39, 0.29) is 16.2 Å². The molecule has 1 atom stereocenters. The normalized spacial score (nSPS) is 13.0. The number of rotatable bonds is 9. The summed E-state index contributed by atoms with van der Waals surface area (Å²) >= 11 is 5.98. The molecule has 2 aromatic heterocycles. The molecule has 0 saturated heterocycles. The van der Waals surface area contributed by atoms with Gasteiger partial charge in [-0.2, -0.15) is 0 Å². The fourth-order valence-corrected chi connectivity index (χ4v) is 4.57. The molecule has 174 valence electrons. The molecule has 0 aliphatic rings. The highest BCUT2D eigenvalue weighted by Gasteiger charge is 2.28. The van der Waals surface area contributed by atoms with Gasteiger partial charge in [-0.05, 0) is 30.7 Å². The van der Waals surface area contributed by atoms with Crippen molar-refractivity contribution in [3.63, 3.8) is 0 Å². The van der Waals surface area contributed by atoms with Gasteiger partial charge in [0.2, 0.25) is 0 Å². The molecule has 32 heavy (non-hydrogen) atoms. The number of aromatic nitrogens is 3. The van der Waals surface area contributed by atoms with Gasteiger partial charge < -0.3 is 9.47 Å². The van der Waals surface area contributed by atoms with Crippen molar-refractivity contribution in [3.8, 4) is 11.5 Å². The van der Waals surface area contributed by atoms with Crippen LogP contribution in [0.25, 0.3) is 11.2 Å². The summed E-state index contributed by atoms with van der Waals surface area (Å²) in [6, 6.07) is 5.04. The first-order valence-electron chi connectivity index (χ1n) is 9.58. The summed E-state index contributed by atoms with van der Waals surface area (Å²) in [4.78, 5) is 17.4. The van der Waals surface area contributed by atoms with E-state index in [1.807, 2.05) is 0 Å². The minimum Gasteiger partial charge on any atom is -0.493 e. The van der Waals surface area contributed by atoms with E-state index in [2.05, 4.69) is 4.98 Å². The zero-order valence-electron chi connectivity index (χ0n) is 17.6. The zero-order chi connectivity index (χ0) is 23.6. The average Bonchev–Trinajstić information content (AvgIpc) is 2.96. The molecule has 0 radical (unpaired) electrons. The topological polar surface area (TPSA) is 92.4 Å². The Morgan fingerprint density at radius 2 is 1.94 bits per heavy atom. The van der Waals surface area contributed by atoms with E-state index in [1.165, 1.54) is 19.4 Å². The lowest BCUT2D eigenvalue weighted by Crippen LogP contribution is -2.32. The molecule has 1 aromatic carbocycles. The molecule has 0 aliphatic heterocycles. The first kappa shape index (κ1) is 24.0. The second-order valence-electron chi connectivity index (χ2n) is 7.10. The summed E-state index contributed by atoms with van der Waals surface area (Å²) in [5.41, 5.74) is -0.283. The van der Waals surface area contributed by atoms with Crippen LogP contribution in [0.1, 0.15) is 18.5 Å². The molecule has 0 unspecified atom stereocenters. The van der Waals surface area contributed by atoms with E-state index >= 15 is 0 Å². The summed E-state index contributed by atoms with van der Waals surface area (Å²) < 4.78 is 63.7. The number of ether oxygens (including phenoxy) is 2. The average molecular weight is 490 g/mol. The van der Waals surface area contributed by atoms with Gasteiger partial charge in [-0.1, -0.05) is 17.7 Å². The van der Waals surface area contributed by atoms with Gasteiger partial charge in [0.1, 0.15) is 9.84 Å². The Balaban J connectivity index is 2.31. The third kappa shape index (κ3) is 5.04. The summed E-state index contributed by atoms with van der Waals surface area (Å²) in [6.07, 6.45) is -0.519. The number of sulfone groups is 1. The molecule has 3 aromatic rings. The first-order valence-corrected chi connectivity index (χ1v) is 12.0. The van der Waals surface area contributed by atoms with Crippen LogP contribution in [0, 0.1) is 0 Å². The number of imidazole rings is 1. The molecule has 0 amide bonds. The van der Waals surface area contributed by atoms with E-state index in [0.29, 0.717) is 23.7 Å². The van der Waals surface area contributed by atoms with Crippen LogP contribution in [0.15, 0.2) is 35.3 Å². The van der Waals surface area contributed by atoms with Crippen molar-refractivity contribution in [2.45, 2.75) is 25.9 Å². The maximum atomic E-state index is 13.2. The van der Waals surface area contributed by atoms with Crippen molar-refractivity contribution in [1.29, 1.82) is 0 Å². The van der Waals surface area contributed by atoms with E-state index in [9.17, 15) is 22.0 Å². The maximum absolute atomic E-state index is 13.2. The van der Waals surface area contributed by atoms with E-state index in [0.717, 1.165) is 15.4 Å². The van der Waals surface area contributed by atoms with Crippen molar-refractivity contribution < 1.29 is 26.7 Å². The lowest BCUT2D eigenvalue weighted by Gasteiger charge is -2.20. The Labute approximate surface area is 188 Å². The van der Waals surface area contributed by atoms with Crippen molar-refractivity contribution in [2.75, 3.05) is 25.7 Å². The minimum atomic E-state index is -3.61. The van der Waals surface area contributed by atoms with Crippen molar-refractivity contribution >= 4 is 32.6 Å². The first-order chi connectivity index (χ1) is 15.1.